The van der Waals surface area contributed by atoms with Gasteiger partial charge in [0.1, 0.15) is 10.6 Å². The molecule has 0 saturated carbocycles. The first-order chi connectivity index (χ1) is 11.5. The van der Waals surface area contributed by atoms with Crippen LogP contribution < -0.4 is 5.32 Å². The molecule has 0 aliphatic carbocycles. The molecule has 3 rings (SSSR count). The zero-order chi connectivity index (χ0) is 17.3. The van der Waals surface area contributed by atoms with Crippen LogP contribution in [0.2, 0.25) is 5.02 Å². The Bertz CT molecular complexity index is 918. The van der Waals surface area contributed by atoms with Gasteiger partial charge < -0.3 is 14.6 Å². The lowest BCUT2D eigenvalue weighted by molar-refractivity contribution is -0.123. The van der Waals surface area contributed by atoms with E-state index >= 15 is 0 Å². The van der Waals surface area contributed by atoms with Crippen LogP contribution in [-0.2, 0) is 9.53 Å². The van der Waals surface area contributed by atoms with Crippen LogP contribution in [0.4, 0.5) is 5.82 Å². The Kier molecular flexibility index (Phi) is 4.55. The lowest BCUT2D eigenvalue weighted by Crippen LogP contribution is -2.29. The molecule has 0 aliphatic heterocycles. The number of ether oxygens (including phenoxy) is 1. The van der Waals surface area contributed by atoms with Crippen molar-refractivity contribution >= 4 is 50.7 Å². The van der Waals surface area contributed by atoms with Gasteiger partial charge in [0, 0.05) is 16.2 Å². The van der Waals surface area contributed by atoms with E-state index < -0.39 is 18.0 Å². The molecule has 24 heavy (non-hydrogen) atoms. The maximum atomic E-state index is 12.3. The minimum absolute atomic E-state index is 0.264. The van der Waals surface area contributed by atoms with Crippen molar-refractivity contribution < 1.29 is 18.8 Å². The number of amides is 1. The molecule has 1 atom stereocenters. The van der Waals surface area contributed by atoms with E-state index in [0.29, 0.717) is 10.8 Å². The lowest BCUT2D eigenvalue weighted by Gasteiger charge is -2.11. The number of carbonyl (C=O) groups excluding carboxylic acids is 2. The maximum Gasteiger partial charge on any atom is 0.350 e. The van der Waals surface area contributed by atoms with Crippen molar-refractivity contribution in [1.82, 2.24) is 5.16 Å². The predicted molar refractivity (Wildman–Crippen MR) is 91.6 cm³/mol. The quantitative estimate of drug-likeness (QED) is 0.706. The number of esters is 1. The number of rotatable bonds is 4. The van der Waals surface area contributed by atoms with Crippen LogP contribution in [0.25, 0.3) is 10.1 Å². The number of carbonyl (C=O) groups is 2. The SMILES string of the molecule is Cc1cc(NC(=O)[C@H](C)OC(=O)c2sc3ccccc3c2Cl)no1. The van der Waals surface area contributed by atoms with Gasteiger partial charge in [-0.05, 0) is 19.9 Å². The molecule has 0 spiro atoms. The fourth-order valence-corrected chi connectivity index (χ4v) is 3.46. The van der Waals surface area contributed by atoms with Crippen molar-refractivity contribution in [3.05, 3.63) is 46.0 Å². The average molecular weight is 365 g/mol. The molecular weight excluding hydrogens is 352 g/mol. The standard InChI is InChI=1S/C16H13ClN2O4S/c1-8-7-12(19-23-8)18-15(20)9(2)22-16(21)14-13(17)10-5-3-4-6-11(10)24-14/h3-7,9H,1-2H3,(H,18,19,20)/t9-/m0/s1. The highest BCUT2D eigenvalue weighted by Crippen LogP contribution is 2.35. The first-order valence-electron chi connectivity index (χ1n) is 7.08. The Morgan fingerprint density at radius 3 is 2.79 bits per heavy atom. The molecule has 8 heteroatoms. The van der Waals surface area contributed by atoms with Crippen LogP contribution in [0, 0.1) is 6.92 Å². The van der Waals surface area contributed by atoms with Crippen LogP contribution >= 0.6 is 22.9 Å². The number of hydrogen-bond donors (Lipinski definition) is 1. The highest BCUT2D eigenvalue weighted by molar-refractivity contribution is 7.21. The number of nitrogens with one attached hydrogen (secondary N) is 1. The first kappa shape index (κ1) is 16.5. The zero-order valence-corrected chi connectivity index (χ0v) is 14.4. The first-order valence-corrected chi connectivity index (χ1v) is 8.27. The van der Waals surface area contributed by atoms with Gasteiger partial charge in [0.2, 0.25) is 0 Å². The highest BCUT2D eigenvalue weighted by Gasteiger charge is 2.24. The highest BCUT2D eigenvalue weighted by atomic mass is 35.5. The van der Waals surface area contributed by atoms with Gasteiger partial charge in [0.15, 0.2) is 11.9 Å². The summed E-state index contributed by atoms with van der Waals surface area (Å²) in [6.07, 6.45) is -1.00. The van der Waals surface area contributed by atoms with E-state index in [-0.39, 0.29) is 10.7 Å². The number of fused-ring (bicyclic) bond motifs is 1. The largest absolute Gasteiger partial charge is 0.448 e. The Balaban J connectivity index is 1.71. The summed E-state index contributed by atoms with van der Waals surface area (Å²) in [7, 11) is 0. The summed E-state index contributed by atoms with van der Waals surface area (Å²) in [6.45, 7) is 3.18. The summed E-state index contributed by atoms with van der Waals surface area (Å²) in [5.41, 5.74) is 0. The molecule has 0 fully saturated rings. The molecule has 1 aromatic carbocycles. The molecule has 0 saturated heterocycles. The van der Waals surface area contributed by atoms with Crippen LogP contribution in [0.3, 0.4) is 0 Å². The number of anilines is 1. The Labute approximate surface area is 146 Å². The van der Waals surface area contributed by atoms with Crippen LogP contribution in [0.15, 0.2) is 34.9 Å². The number of benzene rings is 1. The third-order valence-electron chi connectivity index (χ3n) is 3.25. The monoisotopic (exact) mass is 364 g/mol. The minimum atomic E-state index is -1.00. The number of aryl methyl sites for hydroxylation is 1. The van der Waals surface area contributed by atoms with Gasteiger partial charge in [0.05, 0.1) is 5.02 Å². The second-order valence-electron chi connectivity index (χ2n) is 5.10. The van der Waals surface area contributed by atoms with Gasteiger partial charge in [-0.2, -0.15) is 0 Å². The van der Waals surface area contributed by atoms with E-state index in [4.69, 9.17) is 20.9 Å². The third-order valence-corrected chi connectivity index (χ3v) is 4.91. The summed E-state index contributed by atoms with van der Waals surface area (Å²) >= 11 is 7.46. The Morgan fingerprint density at radius 1 is 1.38 bits per heavy atom. The summed E-state index contributed by atoms with van der Waals surface area (Å²) in [4.78, 5) is 24.6. The smallest absolute Gasteiger partial charge is 0.350 e. The molecule has 0 aliphatic rings. The summed E-state index contributed by atoms with van der Waals surface area (Å²) in [5, 5.41) is 7.28. The van der Waals surface area contributed by atoms with E-state index in [2.05, 4.69) is 10.5 Å². The van der Waals surface area contributed by atoms with Gasteiger partial charge in [-0.3, -0.25) is 4.79 Å². The predicted octanol–water partition coefficient (Wildman–Crippen LogP) is 4.04. The van der Waals surface area contributed by atoms with E-state index in [0.717, 1.165) is 10.1 Å². The summed E-state index contributed by atoms with van der Waals surface area (Å²) in [6, 6.07) is 8.96. The molecule has 6 nitrogen and oxygen atoms in total. The summed E-state index contributed by atoms with van der Waals surface area (Å²) in [5.74, 6) is -0.318. The fraction of sp³-hybridized carbons (Fsp3) is 0.188. The number of thiophene rings is 1. The van der Waals surface area contributed by atoms with E-state index in [1.54, 1.807) is 13.0 Å². The molecule has 1 amide bonds. The normalized spacial score (nSPS) is 12.1. The number of hydrogen-bond acceptors (Lipinski definition) is 6. The van der Waals surface area contributed by atoms with Crippen molar-refractivity contribution in [3.8, 4) is 0 Å². The molecule has 2 aromatic heterocycles. The van der Waals surface area contributed by atoms with Crippen LogP contribution in [-0.4, -0.2) is 23.1 Å². The van der Waals surface area contributed by atoms with Crippen LogP contribution in [0.5, 0.6) is 0 Å². The molecular formula is C16H13ClN2O4S. The van der Waals surface area contributed by atoms with Crippen LogP contribution in [0.1, 0.15) is 22.4 Å². The molecule has 124 valence electrons. The number of halogens is 1. The van der Waals surface area contributed by atoms with Gasteiger partial charge in [-0.1, -0.05) is 35.0 Å². The van der Waals surface area contributed by atoms with E-state index in [1.807, 2.05) is 24.3 Å². The Hall–Kier alpha value is -2.38. The topological polar surface area (TPSA) is 81.4 Å². The van der Waals surface area contributed by atoms with Gasteiger partial charge in [-0.15, -0.1) is 11.3 Å². The van der Waals surface area contributed by atoms with Gasteiger partial charge in [0.25, 0.3) is 5.91 Å². The zero-order valence-electron chi connectivity index (χ0n) is 12.8. The maximum absolute atomic E-state index is 12.3. The fourth-order valence-electron chi connectivity index (χ4n) is 2.07. The summed E-state index contributed by atoms with van der Waals surface area (Å²) < 4.78 is 10.9. The lowest BCUT2D eigenvalue weighted by atomic mass is 10.2. The van der Waals surface area contributed by atoms with Crippen molar-refractivity contribution in [2.24, 2.45) is 0 Å². The van der Waals surface area contributed by atoms with Crippen molar-refractivity contribution in [3.63, 3.8) is 0 Å². The molecule has 3 aromatic rings. The van der Waals surface area contributed by atoms with Gasteiger partial charge in [-0.25, -0.2) is 4.79 Å². The molecule has 0 bridgehead atoms. The number of aromatic nitrogens is 1. The molecule has 0 unspecified atom stereocenters. The van der Waals surface area contributed by atoms with Crippen molar-refractivity contribution in [2.75, 3.05) is 5.32 Å². The third kappa shape index (κ3) is 3.27. The van der Waals surface area contributed by atoms with E-state index in [9.17, 15) is 9.59 Å². The molecule has 1 N–H and O–H groups in total. The average Bonchev–Trinajstić information content (AvgIpc) is 3.11. The second kappa shape index (κ2) is 6.62. The Morgan fingerprint density at radius 2 is 2.12 bits per heavy atom. The molecule has 2 heterocycles. The van der Waals surface area contributed by atoms with Crippen molar-refractivity contribution in [1.29, 1.82) is 0 Å². The second-order valence-corrected chi connectivity index (χ2v) is 6.53. The number of nitrogens with zero attached hydrogens (tertiary/aromatic N) is 1. The van der Waals surface area contributed by atoms with Crippen molar-refractivity contribution in [2.45, 2.75) is 20.0 Å². The minimum Gasteiger partial charge on any atom is -0.448 e. The molecule has 0 radical (unpaired) electrons. The van der Waals surface area contributed by atoms with E-state index in [1.165, 1.54) is 18.3 Å². The van der Waals surface area contributed by atoms with Gasteiger partial charge >= 0.3 is 5.97 Å².